The van der Waals surface area contributed by atoms with Crippen LogP contribution in [0.4, 0.5) is 5.69 Å². The fourth-order valence-electron chi connectivity index (χ4n) is 2.17. The van der Waals surface area contributed by atoms with Gasteiger partial charge in [-0.1, -0.05) is 6.07 Å². The molecule has 0 saturated carbocycles. The molecule has 0 fully saturated rings. The second-order valence-corrected chi connectivity index (χ2v) is 4.76. The highest BCUT2D eigenvalue weighted by molar-refractivity contribution is 5.91. The molecule has 5 nitrogen and oxygen atoms in total. The Hall–Kier alpha value is -3.08. The average Bonchev–Trinajstić information content (AvgIpc) is 3.08. The number of carbonyl (C=O) groups is 1. The van der Waals surface area contributed by atoms with E-state index >= 15 is 0 Å². The van der Waals surface area contributed by atoms with Crippen molar-refractivity contribution in [2.75, 3.05) is 5.32 Å². The van der Waals surface area contributed by atoms with E-state index in [-0.39, 0.29) is 5.56 Å². The Morgan fingerprint density at radius 3 is 2.82 bits per heavy atom. The lowest BCUT2D eigenvalue weighted by molar-refractivity contribution is 0.0697. The van der Waals surface area contributed by atoms with Gasteiger partial charge in [0, 0.05) is 30.2 Å². The van der Waals surface area contributed by atoms with Gasteiger partial charge in [0.1, 0.15) is 5.76 Å². The summed E-state index contributed by atoms with van der Waals surface area (Å²) in [5, 5.41) is 12.4. The van der Waals surface area contributed by atoms with Crippen LogP contribution < -0.4 is 5.32 Å². The van der Waals surface area contributed by atoms with Crippen molar-refractivity contribution in [3.8, 4) is 11.3 Å². The molecule has 0 aliphatic heterocycles. The normalized spacial score (nSPS) is 10.4. The standard InChI is InChI=1S/C17H14N2O3/c20-17(21)13-5-6-15(14(9-13)16-4-2-8-22-16)19-11-12-3-1-7-18-10-12/h1-10,19H,11H2,(H,20,21). The van der Waals surface area contributed by atoms with Crippen LogP contribution in [0.15, 0.2) is 65.5 Å². The molecule has 2 aromatic heterocycles. The summed E-state index contributed by atoms with van der Waals surface area (Å²) >= 11 is 0. The van der Waals surface area contributed by atoms with Crippen LogP contribution in [0.3, 0.4) is 0 Å². The maximum atomic E-state index is 11.2. The zero-order valence-electron chi connectivity index (χ0n) is 11.7. The fraction of sp³-hybridized carbons (Fsp3) is 0.0588. The molecule has 5 heteroatoms. The van der Waals surface area contributed by atoms with E-state index in [9.17, 15) is 4.79 Å². The minimum Gasteiger partial charge on any atom is -0.478 e. The summed E-state index contributed by atoms with van der Waals surface area (Å²) in [6.07, 6.45) is 5.07. The molecule has 110 valence electrons. The molecule has 0 aliphatic rings. The van der Waals surface area contributed by atoms with Crippen molar-refractivity contribution in [3.63, 3.8) is 0 Å². The molecule has 0 radical (unpaired) electrons. The van der Waals surface area contributed by atoms with Gasteiger partial charge in [-0.15, -0.1) is 0 Å². The smallest absolute Gasteiger partial charge is 0.335 e. The highest BCUT2D eigenvalue weighted by Gasteiger charge is 2.12. The van der Waals surface area contributed by atoms with E-state index < -0.39 is 5.97 Å². The minimum absolute atomic E-state index is 0.221. The number of aromatic carboxylic acids is 1. The number of hydrogen-bond acceptors (Lipinski definition) is 4. The zero-order valence-corrected chi connectivity index (χ0v) is 11.7. The van der Waals surface area contributed by atoms with E-state index in [4.69, 9.17) is 9.52 Å². The highest BCUT2D eigenvalue weighted by Crippen LogP contribution is 2.30. The molecular weight excluding hydrogens is 280 g/mol. The summed E-state index contributed by atoms with van der Waals surface area (Å²) < 4.78 is 5.40. The van der Waals surface area contributed by atoms with E-state index in [0.29, 0.717) is 17.9 Å². The molecule has 0 spiro atoms. The van der Waals surface area contributed by atoms with Crippen LogP contribution in [0.2, 0.25) is 0 Å². The number of anilines is 1. The maximum absolute atomic E-state index is 11.2. The third kappa shape index (κ3) is 2.98. The van der Waals surface area contributed by atoms with Gasteiger partial charge in [-0.05, 0) is 42.0 Å². The Morgan fingerprint density at radius 1 is 1.23 bits per heavy atom. The number of carboxylic acids is 1. The van der Waals surface area contributed by atoms with Gasteiger partial charge in [-0.3, -0.25) is 4.98 Å². The quantitative estimate of drug-likeness (QED) is 0.751. The maximum Gasteiger partial charge on any atom is 0.335 e. The fourth-order valence-corrected chi connectivity index (χ4v) is 2.17. The summed E-state index contributed by atoms with van der Waals surface area (Å²) in [5.41, 5.74) is 2.78. The Labute approximate surface area is 127 Å². The van der Waals surface area contributed by atoms with Crippen LogP contribution in [-0.4, -0.2) is 16.1 Å². The number of carboxylic acid groups (broad SMARTS) is 1. The number of hydrogen-bond donors (Lipinski definition) is 2. The molecule has 0 aliphatic carbocycles. The number of benzene rings is 1. The topological polar surface area (TPSA) is 75.4 Å². The Morgan fingerprint density at radius 2 is 2.14 bits per heavy atom. The van der Waals surface area contributed by atoms with E-state index in [1.165, 1.54) is 0 Å². The van der Waals surface area contributed by atoms with Gasteiger partial charge in [-0.2, -0.15) is 0 Å². The molecule has 2 N–H and O–H groups in total. The minimum atomic E-state index is -0.966. The molecule has 3 rings (SSSR count). The first-order valence-electron chi connectivity index (χ1n) is 6.78. The summed E-state index contributed by atoms with van der Waals surface area (Å²) in [7, 11) is 0. The first-order valence-corrected chi connectivity index (χ1v) is 6.78. The van der Waals surface area contributed by atoms with Crippen molar-refractivity contribution in [2.45, 2.75) is 6.54 Å². The van der Waals surface area contributed by atoms with Gasteiger partial charge in [0.25, 0.3) is 0 Å². The molecule has 0 unspecified atom stereocenters. The highest BCUT2D eigenvalue weighted by atomic mass is 16.4. The number of rotatable bonds is 5. The lowest BCUT2D eigenvalue weighted by atomic mass is 10.1. The van der Waals surface area contributed by atoms with Crippen LogP contribution in [0.25, 0.3) is 11.3 Å². The largest absolute Gasteiger partial charge is 0.478 e. The number of aromatic nitrogens is 1. The second kappa shape index (κ2) is 6.13. The third-order valence-corrected chi connectivity index (χ3v) is 3.26. The van der Waals surface area contributed by atoms with E-state index in [0.717, 1.165) is 11.3 Å². The molecule has 3 aromatic rings. The van der Waals surface area contributed by atoms with E-state index in [1.54, 1.807) is 49.0 Å². The Bertz CT molecular complexity index is 768. The average molecular weight is 294 g/mol. The van der Waals surface area contributed by atoms with Gasteiger partial charge in [-0.25, -0.2) is 4.79 Å². The van der Waals surface area contributed by atoms with E-state index in [2.05, 4.69) is 10.3 Å². The molecule has 0 bridgehead atoms. The summed E-state index contributed by atoms with van der Waals surface area (Å²) in [6, 6.07) is 12.3. The van der Waals surface area contributed by atoms with Crippen molar-refractivity contribution in [1.29, 1.82) is 0 Å². The van der Waals surface area contributed by atoms with Gasteiger partial charge >= 0.3 is 5.97 Å². The second-order valence-electron chi connectivity index (χ2n) is 4.76. The molecule has 0 atom stereocenters. The van der Waals surface area contributed by atoms with Gasteiger partial charge < -0.3 is 14.8 Å². The monoisotopic (exact) mass is 294 g/mol. The van der Waals surface area contributed by atoms with Crippen molar-refractivity contribution >= 4 is 11.7 Å². The van der Waals surface area contributed by atoms with Crippen LogP contribution in [0.1, 0.15) is 15.9 Å². The predicted octanol–water partition coefficient (Wildman–Crippen LogP) is 3.65. The number of furan rings is 1. The number of nitrogens with zero attached hydrogens (tertiary/aromatic N) is 1. The summed E-state index contributed by atoms with van der Waals surface area (Å²) in [4.78, 5) is 15.2. The van der Waals surface area contributed by atoms with Crippen LogP contribution >= 0.6 is 0 Å². The van der Waals surface area contributed by atoms with Crippen molar-refractivity contribution in [1.82, 2.24) is 4.98 Å². The molecular formula is C17H14N2O3. The zero-order chi connectivity index (χ0) is 15.4. The van der Waals surface area contributed by atoms with Crippen molar-refractivity contribution < 1.29 is 14.3 Å². The summed E-state index contributed by atoms with van der Waals surface area (Å²) in [5.74, 6) is -0.344. The number of pyridine rings is 1. The first-order chi connectivity index (χ1) is 10.7. The molecule has 1 aromatic carbocycles. The van der Waals surface area contributed by atoms with Crippen LogP contribution in [0, 0.1) is 0 Å². The van der Waals surface area contributed by atoms with Crippen molar-refractivity contribution in [2.24, 2.45) is 0 Å². The Balaban J connectivity index is 1.91. The number of nitrogens with one attached hydrogen (secondary N) is 1. The Kier molecular flexibility index (Phi) is 3.87. The van der Waals surface area contributed by atoms with Crippen molar-refractivity contribution in [3.05, 3.63) is 72.2 Å². The first kappa shape index (κ1) is 13.9. The predicted molar refractivity (Wildman–Crippen MR) is 82.7 cm³/mol. The van der Waals surface area contributed by atoms with Gasteiger partial charge in [0.15, 0.2) is 0 Å². The van der Waals surface area contributed by atoms with Crippen LogP contribution in [0.5, 0.6) is 0 Å². The van der Waals surface area contributed by atoms with Gasteiger partial charge in [0.2, 0.25) is 0 Å². The van der Waals surface area contributed by atoms with Gasteiger partial charge in [0.05, 0.1) is 11.8 Å². The molecule has 0 amide bonds. The van der Waals surface area contributed by atoms with Crippen LogP contribution in [-0.2, 0) is 6.54 Å². The third-order valence-electron chi connectivity index (χ3n) is 3.26. The molecule has 0 saturated heterocycles. The lowest BCUT2D eigenvalue weighted by Crippen LogP contribution is -2.03. The van der Waals surface area contributed by atoms with E-state index in [1.807, 2.05) is 12.1 Å². The summed E-state index contributed by atoms with van der Waals surface area (Å²) in [6.45, 7) is 0.591. The molecule has 22 heavy (non-hydrogen) atoms. The molecule has 2 heterocycles. The SMILES string of the molecule is O=C(O)c1ccc(NCc2cccnc2)c(-c2ccco2)c1. The lowest BCUT2D eigenvalue weighted by Gasteiger charge is -2.11.